The van der Waals surface area contributed by atoms with Gasteiger partial charge in [0, 0.05) is 23.1 Å². The van der Waals surface area contributed by atoms with Gasteiger partial charge in [0.05, 0.1) is 6.61 Å². The van der Waals surface area contributed by atoms with Crippen molar-refractivity contribution in [1.29, 1.82) is 0 Å². The molecule has 2 aromatic carbocycles. The molecule has 7 nitrogen and oxygen atoms in total. The maximum absolute atomic E-state index is 13.2. The molecule has 0 fully saturated rings. The number of nitrogens with two attached hydrogens (primary N) is 1. The number of aliphatic carboxylic acids is 1. The van der Waals surface area contributed by atoms with Crippen LogP contribution in [0.2, 0.25) is 0 Å². The van der Waals surface area contributed by atoms with Crippen molar-refractivity contribution in [3.8, 4) is 23.0 Å². The van der Waals surface area contributed by atoms with Crippen LogP contribution >= 0.6 is 0 Å². The molecule has 2 atom stereocenters. The highest BCUT2D eigenvalue weighted by atomic mass is 19.3. The summed E-state index contributed by atoms with van der Waals surface area (Å²) < 4.78 is 46.6. The number of ether oxygens (including phenoxy) is 4. The zero-order chi connectivity index (χ0) is 19.2. The molecule has 3 N–H and O–H groups in total. The smallest absolute Gasteiger partial charge is 0.492 e. The number of alkyl halides is 2. The van der Waals surface area contributed by atoms with E-state index >= 15 is 0 Å². The first-order valence-corrected chi connectivity index (χ1v) is 8.10. The van der Waals surface area contributed by atoms with Crippen LogP contribution in [0.25, 0.3) is 0 Å². The second kappa shape index (κ2) is 6.27. The van der Waals surface area contributed by atoms with Crippen molar-refractivity contribution in [2.75, 3.05) is 6.61 Å². The molecule has 2 aromatic rings. The van der Waals surface area contributed by atoms with Crippen molar-refractivity contribution >= 4 is 5.97 Å². The van der Waals surface area contributed by atoms with Crippen LogP contribution in [0.1, 0.15) is 17.0 Å². The summed E-state index contributed by atoms with van der Waals surface area (Å²) in [5, 5.41) is 9.07. The monoisotopic (exact) mass is 379 g/mol. The highest BCUT2D eigenvalue weighted by molar-refractivity contribution is 5.75. The quantitative estimate of drug-likeness (QED) is 0.823. The van der Waals surface area contributed by atoms with Crippen LogP contribution in [0.3, 0.4) is 0 Å². The SMILES string of the molecule is NC(C(=O)O)C1COc2cc(OCc3cccc4c3OC(F)(F)O4)ccc21. The lowest BCUT2D eigenvalue weighted by Crippen LogP contribution is -2.37. The maximum atomic E-state index is 13.2. The van der Waals surface area contributed by atoms with E-state index in [1.165, 1.54) is 6.07 Å². The zero-order valence-electron chi connectivity index (χ0n) is 13.9. The lowest BCUT2D eigenvalue weighted by atomic mass is 9.94. The predicted molar refractivity (Wildman–Crippen MR) is 87.3 cm³/mol. The Morgan fingerprint density at radius 3 is 2.89 bits per heavy atom. The van der Waals surface area contributed by atoms with Crippen LogP contribution in [-0.2, 0) is 11.4 Å². The average molecular weight is 379 g/mol. The third kappa shape index (κ3) is 3.21. The Labute approximate surface area is 152 Å². The van der Waals surface area contributed by atoms with E-state index in [9.17, 15) is 13.6 Å². The minimum Gasteiger partial charge on any atom is -0.492 e. The molecule has 2 aliphatic rings. The fourth-order valence-electron chi connectivity index (χ4n) is 3.07. The minimum atomic E-state index is -3.70. The van der Waals surface area contributed by atoms with Crippen molar-refractivity contribution in [2.45, 2.75) is 24.9 Å². The van der Waals surface area contributed by atoms with Crippen LogP contribution in [0.15, 0.2) is 36.4 Å². The molecule has 142 valence electrons. The Hall–Kier alpha value is -3.07. The van der Waals surface area contributed by atoms with Crippen molar-refractivity contribution in [1.82, 2.24) is 0 Å². The van der Waals surface area contributed by atoms with Gasteiger partial charge in [0.1, 0.15) is 24.1 Å². The van der Waals surface area contributed by atoms with Gasteiger partial charge in [-0.15, -0.1) is 8.78 Å². The Kier molecular flexibility index (Phi) is 4.03. The molecule has 9 heteroatoms. The Morgan fingerprint density at radius 1 is 1.30 bits per heavy atom. The molecule has 4 rings (SSSR count). The summed E-state index contributed by atoms with van der Waals surface area (Å²) in [5.74, 6) is -0.748. The van der Waals surface area contributed by atoms with Crippen molar-refractivity contribution in [3.63, 3.8) is 0 Å². The summed E-state index contributed by atoms with van der Waals surface area (Å²) in [7, 11) is 0. The number of carbonyl (C=O) groups is 1. The maximum Gasteiger partial charge on any atom is 0.586 e. The van der Waals surface area contributed by atoms with Gasteiger partial charge < -0.3 is 29.8 Å². The normalized spacial score (nSPS) is 19.9. The first-order chi connectivity index (χ1) is 12.8. The standard InChI is InChI=1S/C18H15F2NO6/c19-18(20)26-13-3-1-2-9(16(13)27-18)7-24-10-4-5-11-12(15(21)17(22)23)8-25-14(11)6-10/h1-6,12,15H,7-8,21H2,(H,22,23). The lowest BCUT2D eigenvalue weighted by Gasteiger charge is -2.14. The Morgan fingerprint density at radius 2 is 2.11 bits per heavy atom. The molecular formula is C18H15F2NO6. The number of hydrogen-bond acceptors (Lipinski definition) is 6. The predicted octanol–water partition coefficient (Wildman–Crippen LogP) is 2.47. The van der Waals surface area contributed by atoms with E-state index in [1.54, 1.807) is 30.3 Å². The second-order valence-corrected chi connectivity index (χ2v) is 6.18. The van der Waals surface area contributed by atoms with Crippen LogP contribution in [0.5, 0.6) is 23.0 Å². The van der Waals surface area contributed by atoms with Crippen LogP contribution in [-0.4, -0.2) is 30.0 Å². The van der Waals surface area contributed by atoms with Crippen LogP contribution in [0, 0.1) is 0 Å². The molecule has 0 amide bonds. The highest BCUT2D eigenvalue weighted by Gasteiger charge is 2.44. The molecule has 0 saturated heterocycles. The number of hydrogen-bond donors (Lipinski definition) is 2. The van der Waals surface area contributed by atoms with Gasteiger partial charge in [-0.1, -0.05) is 18.2 Å². The van der Waals surface area contributed by atoms with E-state index in [0.29, 0.717) is 22.6 Å². The number of carboxylic acids is 1. The molecule has 0 radical (unpaired) electrons. The summed E-state index contributed by atoms with van der Waals surface area (Å²) in [6.45, 7) is 0.137. The van der Waals surface area contributed by atoms with Gasteiger partial charge in [-0.05, 0) is 12.1 Å². The van der Waals surface area contributed by atoms with E-state index in [-0.39, 0.29) is 24.7 Å². The van der Waals surface area contributed by atoms with Crippen molar-refractivity contribution < 1.29 is 37.6 Å². The topological polar surface area (TPSA) is 100 Å². The van der Waals surface area contributed by atoms with Crippen LogP contribution in [0.4, 0.5) is 8.78 Å². The summed E-state index contributed by atoms with van der Waals surface area (Å²) in [6.07, 6.45) is -3.70. The van der Waals surface area contributed by atoms with Gasteiger partial charge in [-0.25, -0.2) is 0 Å². The van der Waals surface area contributed by atoms with Gasteiger partial charge in [-0.2, -0.15) is 0 Å². The number of benzene rings is 2. The largest absolute Gasteiger partial charge is 0.586 e. The second-order valence-electron chi connectivity index (χ2n) is 6.18. The molecular weight excluding hydrogens is 364 g/mol. The van der Waals surface area contributed by atoms with Gasteiger partial charge in [0.15, 0.2) is 11.5 Å². The number of carboxylic acid groups (broad SMARTS) is 1. The number of para-hydroxylation sites is 1. The Balaban J connectivity index is 1.49. The van der Waals surface area contributed by atoms with Gasteiger partial charge >= 0.3 is 12.3 Å². The van der Waals surface area contributed by atoms with E-state index in [1.807, 2.05) is 0 Å². The van der Waals surface area contributed by atoms with E-state index in [4.69, 9.17) is 20.3 Å². The molecule has 2 unspecified atom stereocenters. The first-order valence-electron chi connectivity index (χ1n) is 8.10. The molecule has 0 saturated carbocycles. The third-order valence-electron chi connectivity index (χ3n) is 4.43. The minimum absolute atomic E-state index is 0.0283. The zero-order valence-corrected chi connectivity index (χ0v) is 13.9. The fourth-order valence-corrected chi connectivity index (χ4v) is 3.07. The summed E-state index contributed by atoms with van der Waals surface area (Å²) in [4.78, 5) is 11.1. The van der Waals surface area contributed by atoms with E-state index in [2.05, 4.69) is 9.47 Å². The third-order valence-corrected chi connectivity index (χ3v) is 4.43. The summed E-state index contributed by atoms with van der Waals surface area (Å²) in [5.41, 5.74) is 6.77. The first kappa shape index (κ1) is 17.3. The van der Waals surface area contributed by atoms with Gasteiger partial charge in [-0.3, -0.25) is 4.79 Å². The number of rotatable bonds is 5. The molecule has 27 heavy (non-hydrogen) atoms. The number of halogens is 2. The molecule has 0 aromatic heterocycles. The lowest BCUT2D eigenvalue weighted by molar-refractivity contribution is -0.287. The van der Waals surface area contributed by atoms with Crippen molar-refractivity contribution in [2.24, 2.45) is 5.73 Å². The van der Waals surface area contributed by atoms with E-state index in [0.717, 1.165) is 0 Å². The van der Waals surface area contributed by atoms with Gasteiger partial charge in [0.2, 0.25) is 0 Å². The molecule has 0 spiro atoms. The summed E-state index contributed by atoms with van der Waals surface area (Å²) in [6, 6.07) is 8.41. The average Bonchev–Trinajstić information content (AvgIpc) is 3.17. The Bertz CT molecular complexity index is 903. The van der Waals surface area contributed by atoms with E-state index < -0.39 is 24.2 Å². The van der Waals surface area contributed by atoms with Crippen LogP contribution < -0.4 is 24.7 Å². The van der Waals surface area contributed by atoms with Gasteiger partial charge in [0.25, 0.3) is 0 Å². The molecule has 2 aliphatic heterocycles. The van der Waals surface area contributed by atoms with Crippen molar-refractivity contribution in [3.05, 3.63) is 47.5 Å². The number of fused-ring (bicyclic) bond motifs is 2. The highest BCUT2D eigenvalue weighted by Crippen LogP contribution is 2.44. The summed E-state index contributed by atoms with van der Waals surface area (Å²) >= 11 is 0. The molecule has 0 aliphatic carbocycles. The molecule has 2 heterocycles. The fraction of sp³-hybridized carbons (Fsp3) is 0.278. The molecule has 0 bridgehead atoms.